The molecular formula is C15H11N. The number of aliphatic imine (C=N–C) groups is 1. The molecule has 1 nitrogen and oxygen atoms in total. The van der Waals surface area contributed by atoms with E-state index >= 15 is 0 Å². The highest BCUT2D eigenvalue weighted by molar-refractivity contribution is 5.91. The number of benzene rings is 2. The van der Waals surface area contributed by atoms with Gasteiger partial charge in [0.1, 0.15) is 0 Å². The summed E-state index contributed by atoms with van der Waals surface area (Å²) in [6.45, 7) is 0. The molecule has 2 aromatic carbocycles. The highest BCUT2D eigenvalue weighted by atomic mass is 14.7. The fourth-order valence-corrected chi connectivity index (χ4v) is 1.89. The van der Waals surface area contributed by atoms with Crippen LogP contribution in [0.5, 0.6) is 0 Å². The molecular weight excluding hydrogens is 194 g/mol. The average Bonchev–Trinajstić information content (AvgIpc) is 2.29. The molecule has 0 spiro atoms. The van der Waals surface area contributed by atoms with E-state index in [-0.39, 0.29) is 0 Å². The van der Waals surface area contributed by atoms with Crippen molar-refractivity contribution < 1.29 is 0 Å². The van der Waals surface area contributed by atoms with Crippen LogP contribution >= 0.6 is 0 Å². The summed E-state index contributed by atoms with van der Waals surface area (Å²) < 4.78 is 0. The summed E-state index contributed by atoms with van der Waals surface area (Å²) >= 11 is 0. The lowest BCUT2D eigenvalue weighted by atomic mass is 10.0. The van der Waals surface area contributed by atoms with Gasteiger partial charge < -0.3 is 0 Å². The van der Waals surface area contributed by atoms with Gasteiger partial charge in [-0.3, -0.25) is 4.99 Å². The van der Waals surface area contributed by atoms with Gasteiger partial charge in [-0.15, -0.1) is 0 Å². The van der Waals surface area contributed by atoms with Gasteiger partial charge in [0, 0.05) is 11.8 Å². The minimum atomic E-state index is 1.03. The van der Waals surface area contributed by atoms with Crippen molar-refractivity contribution in [3.8, 4) is 0 Å². The van der Waals surface area contributed by atoms with Crippen LogP contribution < -0.4 is 0 Å². The molecule has 0 unspecified atom stereocenters. The lowest BCUT2D eigenvalue weighted by Gasteiger charge is -2.05. The number of hydrogen-bond donors (Lipinski definition) is 0. The molecule has 1 aliphatic rings. The maximum absolute atomic E-state index is 4.43. The summed E-state index contributed by atoms with van der Waals surface area (Å²) in [6, 6.07) is 12.7. The lowest BCUT2D eigenvalue weighted by Crippen LogP contribution is -1.80. The molecule has 0 atom stereocenters. The van der Waals surface area contributed by atoms with Crippen molar-refractivity contribution in [2.45, 2.75) is 0 Å². The number of rotatable bonds is 0. The van der Waals surface area contributed by atoms with E-state index in [9.17, 15) is 0 Å². The molecule has 0 aliphatic carbocycles. The Kier molecular flexibility index (Phi) is 2.15. The minimum Gasteiger partial charge on any atom is -0.256 e. The minimum absolute atomic E-state index is 1.03. The van der Waals surface area contributed by atoms with Crippen LogP contribution in [0, 0.1) is 0 Å². The molecule has 2 aromatic rings. The van der Waals surface area contributed by atoms with E-state index in [1.54, 1.807) is 0 Å². The predicted molar refractivity (Wildman–Crippen MR) is 70.3 cm³/mol. The standard InChI is InChI=1S/C15H11N/c1-2-8-14-10-12-6-3-4-7-13(12)11-15(14)16-9-5-1/h1-11H/b2-1?,5-1?,8-2+,9-5?,14-8?,16-9?,16-15?. The van der Waals surface area contributed by atoms with E-state index in [1.165, 1.54) is 16.3 Å². The first-order chi connectivity index (χ1) is 7.93. The fourth-order valence-electron chi connectivity index (χ4n) is 1.89. The summed E-state index contributed by atoms with van der Waals surface area (Å²) in [5.74, 6) is 0. The SMILES string of the molecule is C1=C/C=C/c2cc3ccccc3cc2N=C1. The van der Waals surface area contributed by atoms with Crippen LogP contribution in [0.15, 0.2) is 59.6 Å². The molecule has 3 rings (SSSR count). The molecule has 16 heavy (non-hydrogen) atoms. The van der Waals surface area contributed by atoms with E-state index in [2.05, 4.69) is 47.5 Å². The second kappa shape index (κ2) is 3.78. The topological polar surface area (TPSA) is 12.4 Å². The Labute approximate surface area is 94.4 Å². The van der Waals surface area contributed by atoms with Crippen molar-refractivity contribution in [2.75, 3.05) is 0 Å². The number of fused-ring (bicyclic) bond motifs is 2. The third-order valence-corrected chi connectivity index (χ3v) is 2.69. The Balaban J connectivity index is 2.31. The number of nitrogens with zero attached hydrogens (tertiary/aromatic N) is 1. The molecule has 0 amide bonds. The summed E-state index contributed by atoms with van der Waals surface area (Å²) in [4.78, 5) is 4.43. The van der Waals surface area contributed by atoms with Crippen LogP contribution in [0.2, 0.25) is 0 Å². The maximum Gasteiger partial charge on any atom is 0.0708 e. The van der Waals surface area contributed by atoms with Gasteiger partial charge in [-0.05, 0) is 29.0 Å². The van der Waals surface area contributed by atoms with Crippen LogP contribution in [0.3, 0.4) is 0 Å². The highest BCUT2D eigenvalue weighted by Gasteiger charge is 2.01. The monoisotopic (exact) mass is 205 g/mol. The van der Waals surface area contributed by atoms with Gasteiger partial charge in [-0.2, -0.15) is 0 Å². The highest BCUT2D eigenvalue weighted by Crippen LogP contribution is 2.27. The van der Waals surface area contributed by atoms with Crippen LogP contribution in [0.25, 0.3) is 16.8 Å². The summed E-state index contributed by atoms with van der Waals surface area (Å²) in [7, 11) is 0. The molecule has 0 fully saturated rings. The molecule has 0 bridgehead atoms. The van der Waals surface area contributed by atoms with E-state index in [4.69, 9.17) is 0 Å². The van der Waals surface area contributed by atoms with Gasteiger partial charge in [0.25, 0.3) is 0 Å². The second-order valence-corrected chi connectivity index (χ2v) is 3.78. The van der Waals surface area contributed by atoms with Gasteiger partial charge in [0.15, 0.2) is 0 Å². The summed E-state index contributed by atoms with van der Waals surface area (Å²) in [5.41, 5.74) is 2.19. The summed E-state index contributed by atoms with van der Waals surface area (Å²) in [6.07, 6.45) is 9.89. The van der Waals surface area contributed by atoms with Gasteiger partial charge in [0.05, 0.1) is 5.69 Å². The number of allylic oxidation sites excluding steroid dienone is 3. The Hall–Kier alpha value is -2.15. The van der Waals surface area contributed by atoms with Crippen molar-refractivity contribution >= 4 is 28.8 Å². The largest absolute Gasteiger partial charge is 0.256 e. The van der Waals surface area contributed by atoms with Crippen LogP contribution in [0.4, 0.5) is 5.69 Å². The third kappa shape index (κ3) is 1.57. The normalized spacial score (nSPS) is 15.5. The van der Waals surface area contributed by atoms with Crippen molar-refractivity contribution in [2.24, 2.45) is 4.99 Å². The number of hydrogen-bond acceptors (Lipinski definition) is 1. The van der Waals surface area contributed by atoms with Crippen molar-refractivity contribution in [1.29, 1.82) is 0 Å². The van der Waals surface area contributed by atoms with Gasteiger partial charge in [0.2, 0.25) is 0 Å². The molecule has 0 aromatic heterocycles. The first kappa shape index (κ1) is 9.10. The van der Waals surface area contributed by atoms with Gasteiger partial charge in [-0.25, -0.2) is 0 Å². The Morgan fingerprint density at radius 1 is 0.812 bits per heavy atom. The van der Waals surface area contributed by atoms with Crippen molar-refractivity contribution in [3.63, 3.8) is 0 Å². The first-order valence-corrected chi connectivity index (χ1v) is 5.34. The lowest BCUT2D eigenvalue weighted by molar-refractivity contribution is 1.53. The zero-order valence-corrected chi connectivity index (χ0v) is 8.80. The van der Waals surface area contributed by atoms with E-state index < -0.39 is 0 Å². The molecule has 1 aliphatic heterocycles. The Morgan fingerprint density at radius 2 is 1.62 bits per heavy atom. The van der Waals surface area contributed by atoms with Crippen LogP contribution in [0.1, 0.15) is 5.56 Å². The molecule has 0 saturated heterocycles. The zero-order valence-electron chi connectivity index (χ0n) is 8.80. The fraction of sp³-hybridized carbons (Fsp3) is 0. The maximum atomic E-state index is 4.43. The second-order valence-electron chi connectivity index (χ2n) is 3.78. The molecule has 0 N–H and O–H groups in total. The van der Waals surface area contributed by atoms with Gasteiger partial charge >= 0.3 is 0 Å². The average molecular weight is 205 g/mol. The molecule has 0 radical (unpaired) electrons. The zero-order chi connectivity index (χ0) is 10.8. The Morgan fingerprint density at radius 3 is 2.50 bits per heavy atom. The smallest absolute Gasteiger partial charge is 0.0708 e. The Bertz CT molecular complexity index is 564. The first-order valence-electron chi connectivity index (χ1n) is 5.34. The molecule has 1 heterocycles. The molecule has 0 saturated carbocycles. The summed E-state index contributed by atoms with van der Waals surface area (Å²) in [5, 5.41) is 2.49. The molecule has 76 valence electrons. The third-order valence-electron chi connectivity index (χ3n) is 2.69. The van der Waals surface area contributed by atoms with Gasteiger partial charge in [-0.1, -0.05) is 42.5 Å². The van der Waals surface area contributed by atoms with E-state index in [0.29, 0.717) is 0 Å². The predicted octanol–water partition coefficient (Wildman–Crippen LogP) is 4.13. The van der Waals surface area contributed by atoms with Crippen molar-refractivity contribution in [1.82, 2.24) is 0 Å². The van der Waals surface area contributed by atoms with E-state index in [1.807, 2.05) is 24.4 Å². The molecule has 1 heteroatoms. The quantitative estimate of drug-likeness (QED) is 0.613. The van der Waals surface area contributed by atoms with Crippen LogP contribution in [-0.2, 0) is 0 Å². The van der Waals surface area contributed by atoms with E-state index in [0.717, 1.165) is 5.69 Å². The van der Waals surface area contributed by atoms with Crippen molar-refractivity contribution in [3.05, 3.63) is 60.2 Å². The van der Waals surface area contributed by atoms with Crippen LogP contribution in [-0.4, -0.2) is 6.21 Å².